The van der Waals surface area contributed by atoms with Crippen LogP contribution in [0, 0.1) is 13.8 Å². The van der Waals surface area contributed by atoms with E-state index < -0.39 is 0 Å². The summed E-state index contributed by atoms with van der Waals surface area (Å²) in [6, 6.07) is 3.69. The van der Waals surface area contributed by atoms with Gasteiger partial charge in [0.15, 0.2) is 5.76 Å². The number of carbonyl (C=O) groups excluding carboxylic acids is 1. The Labute approximate surface area is 152 Å². The van der Waals surface area contributed by atoms with Gasteiger partial charge in [-0.25, -0.2) is 0 Å². The molecule has 5 heteroatoms. The first-order valence-corrected chi connectivity index (χ1v) is 9.40. The van der Waals surface area contributed by atoms with Crippen molar-refractivity contribution in [3.8, 4) is 11.5 Å². The van der Waals surface area contributed by atoms with E-state index in [1.54, 1.807) is 23.5 Å². The maximum atomic E-state index is 12.9. The van der Waals surface area contributed by atoms with Crippen LogP contribution in [0.4, 0.5) is 0 Å². The van der Waals surface area contributed by atoms with Gasteiger partial charge in [-0.05, 0) is 55.6 Å². The van der Waals surface area contributed by atoms with Crippen molar-refractivity contribution in [2.75, 3.05) is 13.1 Å². The first kappa shape index (κ1) is 17.7. The van der Waals surface area contributed by atoms with E-state index in [0.717, 1.165) is 29.1 Å². The molecule has 0 spiro atoms. The molecule has 1 aliphatic heterocycles. The minimum Gasteiger partial charge on any atom is -0.507 e. The van der Waals surface area contributed by atoms with E-state index in [-0.39, 0.29) is 11.5 Å². The molecule has 0 amide bonds. The van der Waals surface area contributed by atoms with Crippen LogP contribution in [0.15, 0.2) is 23.3 Å². The number of rotatable bonds is 5. The van der Waals surface area contributed by atoms with Crippen molar-refractivity contribution >= 4 is 23.2 Å². The molecule has 0 atom stereocenters. The van der Waals surface area contributed by atoms with E-state index in [4.69, 9.17) is 4.74 Å². The van der Waals surface area contributed by atoms with E-state index in [9.17, 15) is 9.90 Å². The van der Waals surface area contributed by atoms with Crippen LogP contribution in [0.2, 0.25) is 0 Å². The molecule has 1 aliphatic rings. The van der Waals surface area contributed by atoms with Gasteiger partial charge >= 0.3 is 0 Å². The van der Waals surface area contributed by atoms with E-state index in [1.807, 2.05) is 25.3 Å². The van der Waals surface area contributed by atoms with Gasteiger partial charge in [0, 0.05) is 17.5 Å². The summed E-state index contributed by atoms with van der Waals surface area (Å²) in [5, 5.41) is 12.4. The molecule has 25 heavy (non-hydrogen) atoms. The lowest BCUT2D eigenvalue weighted by Gasteiger charge is -2.20. The van der Waals surface area contributed by atoms with E-state index in [1.165, 1.54) is 0 Å². The van der Waals surface area contributed by atoms with Gasteiger partial charge in [-0.2, -0.15) is 0 Å². The predicted octanol–water partition coefficient (Wildman–Crippen LogP) is 4.53. The molecule has 2 heterocycles. The largest absolute Gasteiger partial charge is 0.507 e. The molecule has 1 N–H and O–H groups in total. The Morgan fingerprint density at radius 3 is 2.56 bits per heavy atom. The zero-order valence-corrected chi connectivity index (χ0v) is 15.9. The second-order valence-corrected chi connectivity index (χ2v) is 7.21. The highest BCUT2D eigenvalue weighted by Gasteiger charge is 2.33. The van der Waals surface area contributed by atoms with Crippen molar-refractivity contribution in [1.82, 2.24) is 4.90 Å². The molecule has 0 saturated carbocycles. The molecule has 3 rings (SSSR count). The number of hydrogen-bond donors (Lipinski definition) is 1. The van der Waals surface area contributed by atoms with Gasteiger partial charge in [-0.3, -0.25) is 9.69 Å². The fourth-order valence-electron chi connectivity index (χ4n) is 3.05. The predicted molar refractivity (Wildman–Crippen MR) is 101 cm³/mol. The molecule has 0 aliphatic carbocycles. The fraction of sp³-hybridized carbons (Fsp3) is 0.350. The van der Waals surface area contributed by atoms with Crippen LogP contribution in [0.1, 0.15) is 45.8 Å². The van der Waals surface area contributed by atoms with Gasteiger partial charge in [0.25, 0.3) is 0 Å². The van der Waals surface area contributed by atoms with E-state index in [0.29, 0.717) is 29.2 Å². The van der Waals surface area contributed by atoms with Gasteiger partial charge in [0.2, 0.25) is 5.78 Å². The highest BCUT2D eigenvalue weighted by Crippen LogP contribution is 2.42. The number of Topliss-reactive ketones (excluding diaryl/α,β-unsaturated/α-hetero) is 1. The summed E-state index contributed by atoms with van der Waals surface area (Å²) < 4.78 is 5.96. The zero-order valence-electron chi connectivity index (χ0n) is 15.0. The maximum Gasteiger partial charge on any atom is 0.232 e. The van der Waals surface area contributed by atoms with E-state index >= 15 is 0 Å². The molecular weight excluding hydrogens is 334 g/mol. The molecule has 1 aromatic heterocycles. The molecule has 4 nitrogen and oxygen atoms in total. The van der Waals surface area contributed by atoms with Crippen LogP contribution < -0.4 is 4.74 Å². The van der Waals surface area contributed by atoms with Crippen molar-refractivity contribution in [3.63, 3.8) is 0 Å². The highest BCUT2D eigenvalue weighted by molar-refractivity contribution is 7.11. The average molecular weight is 357 g/mol. The number of ketones is 1. The van der Waals surface area contributed by atoms with Crippen molar-refractivity contribution in [1.29, 1.82) is 0 Å². The molecule has 0 radical (unpaired) electrons. The lowest BCUT2D eigenvalue weighted by atomic mass is 9.99. The third-order valence-electron chi connectivity index (χ3n) is 4.66. The number of hydrogen-bond acceptors (Lipinski definition) is 5. The Balaban J connectivity index is 2.05. The molecular formula is C20H23NO3S. The number of phenolic OH excluding ortho intramolecular Hbond substituents is 1. The summed E-state index contributed by atoms with van der Waals surface area (Å²) in [5.41, 5.74) is 3.12. The number of thiophene rings is 1. The topological polar surface area (TPSA) is 49.8 Å². The first-order valence-electron chi connectivity index (χ1n) is 8.52. The molecule has 0 bridgehead atoms. The number of nitrogens with zero attached hydrogens (tertiary/aromatic N) is 1. The molecule has 0 unspecified atom stereocenters. The summed E-state index contributed by atoms with van der Waals surface area (Å²) in [4.78, 5) is 16.1. The summed E-state index contributed by atoms with van der Waals surface area (Å²) in [6.07, 6.45) is 1.81. The molecule has 1 aromatic carbocycles. The van der Waals surface area contributed by atoms with Crippen molar-refractivity contribution < 1.29 is 14.6 Å². The van der Waals surface area contributed by atoms with Crippen LogP contribution in [0.25, 0.3) is 6.08 Å². The molecule has 0 saturated heterocycles. The Hall–Kier alpha value is -2.11. The van der Waals surface area contributed by atoms with Gasteiger partial charge in [0.05, 0.1) is 11.1 Å². The quantitative estimate of drug-likeness (QED) is 0.799. The number of phenols is 1. The van der Waals surface area contributed by atoms with Crippen molar-refractivity contribution in [2.24, 2.45) is 0 Å². The summed E-state index contributed by atoms with van der Waals surface area (Å²) in [5.74, 6) is 0.913. The van der Waals surface area contributed by atoms with Crippen molar-refractivity contribution in [3.05, 3.63) is 50.4 Å². The highest BCUT2D eigenvalue weighted by atomic mass is 32.1. The maximum absolute atomic E-state index is 12.9. The van der Waals surface area contributed by atoms with Crippen molar-refractivity contribution in [2.45, 2.75) is 34.2 Å². The average Bonchev–Trinajstić information content (AvgIpc) is 3.12. The number of benzene rings is 1. The Morgan fingerprint density at radius 1 is 1.24 bits per heavy atom. The second-order valence-electron chi connectivity index (χ2n) is 6.26. The van der Waals surface area contributed by atoms with Crippen LogP contribution in [-0.4, -0.2) is 28.9 Å². The minimum absolute atomic E-state index is 0.110. The van der Waals surface area contributed by atoms with E-state index in [2.05, 4.69) is 18.7 Å². The summed E-state index contributed by atoms with van der Waals surface area (Å²) >= 11 is 1.58. The number of ether oxygens (including phenoxy) is 1. The first-order chi connectivity index (χ1) is 12.0. The monoisotopic (exact) mass is 357 g/mol. The third-order valence-corrected chi connectivity index (χ3v) is 5.63. The fourth-order valence-corrected chi connectivity index (χ4v) is 3.90. The van der Waals surface area contributed by atoms with Gasteiger partial charge < -0.3 is 9.84 Å². The molecule has 132 valence electrons. The van der Waals surface area contributed by atoms with Crippen LogP contribution >= 0.6 is 11.3 Å². The molecule has 2 aromatic rings. The normalized spacial score (nSPS) is 15.1. The third kappa shape index (κ3) is 3.22. The zero-order chi connectivity index (χ0) is 18.1. The standard InChI is InChI=1S/C20H23NO3S/c1-5-21(6-2)11-14-15(22)9-13(4)18-19(23)16(24-20(14)18)10-17-12(3)7-8-25-17/h7-10,22H,5-6,11H2,1-4H3/b16-10-. The van der Waals surface area contributed by atoms with Gasteiger partial charge in [0.1, 0.15) is 11.5 Å². The lowest BCUT2D eigenvalue weighted by molar-refractivity contribution is 0.101. The number of fused-ring (bicyclic) bond motifs is 1. The number of aromatic hydroxyl groups is 1. The van der Waals surface area contributed by atoms with Gasteiger partial charge in [-0.1, -0.05) is 13.8 Å². The van der Waals surface area contributed by atoms with Crippen LogP contribution in [0.3, 0.4) is 0 Å². The van der Waals surface area contributed by atoms with Crippen LogP contribution in [-0.2, 0) is 6.54 Å². The Morgan fingerprint density at radius 2 is 1.96 bits per heavy atom. The minimum atomic E-state index is -0.110. The number of allylic oxidation sites excluding steroid dienone is 1. The number of aryl methyl sites for hydroxylation is 2. The Kier molecular flexibility index (Phi) is 4.97. The van der Waals surface area contributed by atoms with Gasteiger partial charge in [-0.15, -0.1) is 11.3 Å². The molecule has 0 fully saturated rings. The SMILES string of the molecule is CCN(CC)Cc1c(O)cc(C)c2c1O/C(=C\c1sccc1C)C2=O. The lowest BCUT2D eigenvalue weighted by Crippen LogP contribution is -2.22. The smallest absolute Gasteiger partial charge is 0.232 e. The Bertz CT molecular complexity index is 847. The summed E-state index contributed by atoms with van der Waals surface area (Å²) in [7, 11) is 0. The van der Waals surface area contributed by atoms with Crippen LogP contribution in [0.5, 0.6) is 11.5 Å². The second kappa shape index (κ2) is 7.02. The summed E-state index contributed by atoms with van der Waals surface area (Å²) in [6.45, 7) is 10.3. The number of carbonyl (C=O) groups is 1.